The third-order valence-corrected chi connectivity index (χ3v) is 7.78. The average Bonchev–Trinajstić information content (AvgIpc) is 3.53. The highest BCUT2D eigenvalue weighted by Gasteiger charge is 2.31. The fourth-order valence-corrected chi connectivity index (χ4v) is 5.92. The molecule has 5 rings (SSSR count). The van der Waals surface area contributed by atoms with Gasteiger partial charge in [0, 0.05) is 43.4 Å². The van der Waals surface area contributed by atoms with Gasteiger partial charge in [-0.2, -0.15) is 0 Å². The van der Waals surface area contributed by atoms with Gasteiger partial charge in [0.25, 0.3) is 5.91 Å². The molecule has 3 aromatic rings. The van der Waals surface area contributed by atoms with Gasteiger partial charge in [0.2, 0.25) is 0 Å². The number of benzene rings is 1. The van der Waals surface area contributed by atoms with E-state index in [2.05, 4.69) is 41.3 Å². The average molecular weight is 474 g/mol. The molecule has 1 aliphatic heterocycles. The van der Waals surface area contributed by atoms with Crippen LogP contribution < -0.4 is 4.90 Å². The molecule has 1 amide bonds. The normalized spacial score (nSPS) is 18.1. The molecule has 2 fully saturated rings. The van der Waals surface area contributed by atoms with E-state index in [1.54, 1.807) is 6.20 Å². The van der Waals surface area contributed by atoms with E-state index >= 15 is 0 Å². The molecule has 0 N–H and O–H groups in total. The van der Waals surface area contributed by atoms with E-state index in [0.29, 0.717) is 17.4 Å². The molecule has 1 aromatic carbocycles. The summed E-state index contributed by atoms with van der Waals surface area (Å²) < 4.78 is 2.42. The van der Waals surface area contributed by atoms with Crippen molar-refractivity contribution in [2.75, 3.05) is 24.5 Å². The van der Waals surface area contributed by atoms with Crippen molar-refractivity contribution in [3.63, 3.8) is 0 Å². The van der Waals surface area contributed by atoms with Crippen molar-refractivity contribution in [3.8, 4) is 0 Å². The lowest BCUT2D eigenvalue weighted by molar-refractivity contribution is 0.0960. The maximum Gasteiger partial charge on any atom is 0.259 e. The van der Waals surface area contributed by atoms with E-state index in [0.717, 1.165) is 55.9 Å². The van der Waals surface area contributed by atoms with Gasteiger partial charge in [0.15, 0.2) is 0 Å². The van der Waals surface area contributed by atoms with Crippen molar-refractivity contribution in [3.05, 3.63) is 54.0 Å². The lowest BCUT2D eigenvalue weighted by Gasteiger charge is -2.37. The van der Waals surface area contributed by atoms with E-state index in [1.165, 1.54) is 31.5 Å². The number of fused-ring (bicyclic) bond motifs is 1. The zero-order valence-electron chi connectivity index (χ0n) is 21.5. The molecule has 0 unspecified atom stereocenters. The smallest absolute Gasteiger partial charge is 0.259 e. The van der Waals surface area contributed by atoms with Crippen LogP contribution in [0.4, 0.5) is 5.82 Å². The Kier molecular flexibility index (Phi) is 7.19. The SMILES string of the molecule is CCN1CCC(N(C(=O)c2ccc3c(c2)nc(C2CCCC2)n3CC(C)C)c2ccccn2)CC1. The number of anilines is 1. The molecule has 2 aromatic heterocycles. The fourth-order valence-electron chi connectivity index (χ4n) is 5.92. The highest BCUT2D eigenvalue weighted by molar-refractivity contribution is 6.07. The summed E-state index contributed by atoms with van der Waals surface area (Å²) in [4.78, 5) is 28.1. The number of piperidine rings is 1. The molecule has 186 valence electrons. The molecule has 35 heavy (non-hydrogen) atoms. The minimum absolute atomic E-state index is 0.0291. The molecule has 6 nitrogen and oxygen atoms in total. The monoisotopic (exact) mass is 473 g/mol. The summed E-state index contributed by atoms with van der Waals surface area (Å²) in [5, 5.41) is 0. The predicted molar refractivity (Wildman–Crippen MR) is 142 cm³/mol. The summed E-state index contributed by atoms with van der Waals surface area (Å²) in [6, 6.07) is 12.1. The van der Waals surface area contributed by atoms with Crippen LogP contribution in [-0.4, -0.2) is 51.0 Å². The van der Waals surface area contributed by atoms with Gasteiger partial charge in [0.1, 0.15) is 11.6 Å². The van der Waals surface area contributed by atoms with E-state index in [9.17, 15) is 4.79 Å². The number of imidazole rings is 1. The molecule has 6 heteroatoms. The molecule has 0 spiro atoms. The van der Waals surface area contributed by atoms with Gasteiger partial charge in [0.05, 0.1) is 11.0 Å². The number of rotatable bonds is 7. The van der Waals surface area contributed by atoms with E-state index in [1.807, 2.05) is 35.2 Å². The van der Waals surface area contributed by atoms with Crippen molar-refractivity contribution in [1.82, 2.24) is 19.4 Å². The molecule has 3 heterocycles. The zero-order chi connectivity index (χ0) is 24.4. The van der Waals surface area contributed by atoms with Gasteiger partial charge in [-0.3, -0.25) is 9.69 Å². The van der Waals surface area contributed by atoms with Crippen LogP contribution in [0.3, 0.4) is 0 Å². The van der Waals surface area contributed by atoms with Crippen molar-refractivity contribution >= 4 is 22.8 Å². The number of carbonyl (C=O) groups excluding carboxylic acids is 1. The van der Waals surface area contributed by atoms with Crippen LogP contribution in [0.1, 0.15) is 81.4 Å². The number of amides is 1. The molecular formula is C29H39N5O. The predicted octanol–water partition coefficient (Wildman–Crippen LogP) is 5.88. The second-order valence-electron chi connectivity index (χ2n) is 10.7. The molecule has 1 saturated heterocycles. The number of carbonyl (C=O) groups is 1. The Morgan fingerprint density at radius 1 is 1.09 bits per heavy atom. The Labute approximate surface area is 209 Å². The van der Waals surface area contributed by atoms with Gasteiger partial charge in [-0.25, -0.2) is 9.97 Å². The van der Waals surface area contributed by atoms with Crippen molar-refractivity contribution in [1.29, 1.82) is 0 Å². The third kappa shape index (κ3) is 4.99. The number of hydrogen-bond acceptors (Lipinski definition) is 4. The molecule has 1 saturated carbocycles. The highest BCUT2D eigenvalue weighted by atomic mass is 16.2. The van der Waals surface area contributed by atoms with Crippen LogP contribution in [-0.2, 0) is 6.54 Å². The zero-order valence-corrected chi connectivity index (χ0v) is 21.5. The Morgan fingerprint density at radius 3 is 2.51 bits per heavy atom. The molecule has 0 radical (unpaired) electrons. The Morgan fingerprint density at radius 2 is 1.86 bits per heavy atom. The van der Waals surface area contributed by atoms with Crippen LogP contribution in [0, 0.1) is 5.92 Å². The summed E-state index contributed by atoms with van der Waals surface area (Å²) in [6.07, 6.45) is 8.72. The molecule has 2 aliphatic rings. The molecule has 0 bridgehead atoms. The van der Waals surface area contributed by atoms with Crippen LogP contribution in [0.25, 0.3) is 11.0 Å². The summed E-state index contributed by atoms with van der Waals surface area (Å²) in [5.41, 5.74) is 2.80. The van der Waals surface area contributed by atoms with E-state index < -0.39 is 0 Å². The topological polar surface area (TPSA) is 54.3 Å². The van der Waals surface area contributed by atoms with Crippen molar-refractivity contribution in [2.24, 2.45) is 5.92 Å². The van der Waals surface area contributed by atoms with Crippen LogP contribution in [0.5, 0.6) is 0 Å². The second kappa shape index (κ2) is 10.5. The largest absolute Gasteiger partial charge is 0.327 e. The van der Waals surface area contributed by atoms with Gasteiger partial charge in [-0.15, -0.1) is 0 Å². The van der Waals surface area contributed by atoms with Crippen LogP contribution >= 0.6 is 0 Å². The molecule has 0 atom stereocenters. The maximum atomic E-state index is 14.0. The van der Waals surface area contributed by atoms with Gasteiger partial charge in [-0.1, -0.05) is 39.7 Å². The molecule has 1 aliphatic carbocycles. The van der Waals surface area contributed by atoms with Crippen LogP contribution in [0.15, 0.2) is 42.6 Å². The van der Waals surface area contributed by atoms with Gasteiger partial charge >= 0.3 is 0 Å². The first-order valence-corrected chi connectivity index (χ1v) is 13.5. The summed E-state index contributed by atoms with van der Waals surface area (Å²) >= 11 is 0. The third-order valence-electron chi connectivity index (χ3n) is 7.78. The highest BCUT2D eigenvalue weighted by Crippen LogP contribution is 2.36. The minimum atomic E-state index is 0.0291. The fraction of sp³-hybridized carbons (Fsp3) is 0.552. The number of hydrogen-bond donors (Lipinski definition) is 0. The van der Waals surface area contributed by atoms with Crippen LogP contribution in [0.2, 0.25) is 0 Å². The minimum Gasteiger partial charge on any atom is -0.327 e. The number of pyridine rings is 1. The Bertz CT molecular complexity index is 1140. The van der Waals surface area contributed by atoms with E-state index in [4.69, 9.17) is 4.98 Å². The standard InChI is InChI=1S/C29H39N5O/c1-4-32-17-14-24(15-18-32)34(27-11-7-8-16-30-27)29(35)23-12-13-26-25(19-23)31-28(22-9-5-6-10-22)33(26)20-21(2)3/h7-8,11-13,16,19,21-22,24H,4-6,9-10,14-15,17-18,20H2,1-3H3. The van der Waals surface area contributed by atoms with Crippen molar-refractivity contribution in [2.45, 2.75) is 77.8 Å². The lowest BCUT2D eigenvalue weighted by Crippen LogP contribution is -2.48. The number of likely N-dealkylation sites (tertiary alicyclic amines) is 1. The number of nitrogens with zero attached hydrogens (tertiary/aromatic N) is 5. The Balaban J connectivity index is 1.50. The van der Waals surface area contributed by atoms with Gasteiger partial charge in [-0.05, 0) is 68.5 Å². The second-order valence-corrected chi connectivity index (χ2v) is 10.7. The quantitative estimate of drug-likeness (QED) is 0.430. The van der Waals surface area contributed by atoms with Crippen molar-refractivity contribution < 1.29 is 4.79 Å². The summed E-state index contributed by atoms with van der Waals surface area (Å²) in [5.74, 6) is 3.06. The first kappa shape index (κ1) is 24.0. The lowest BCUT2D eigenvalue weighted by atomic mass is 10.0. The number of aromatic nitrogens is 3. The first-order chi connectivity index (χ1) is 17.0. The van der Waals surface area contributed by atoms with E-state index in [-0.39, 0.29) is 11.9 Å². The summed E-state index contributed by atoms with van der Waals surface area (Å²) in [6.45, 7) is 10.8. The Hall–Kier alpha value is -2.73. The first-order valence-electron chi connectivity index (χ1n) is 13.5. The molecular weight excluding hydrogens is 434 g/mol. The van der Waals surface area contributed by atoms with Gasteiger partial charge < -0.3 is 9.47 Å². The summed E-state index contributed by atoms with van der Waals surface area (Å²) in [7, 11) is 0. The maximum absolute atomic E-state index is 14.0.